The zero-order chi connectivity index (χ0) is 15.5. The summed E-state index contributed by atoms with van der Waals surface area (Å²) in [6.07, 6.45) is -4.58. The average Bonchev–Trinajstić information content (AvgIpc) is 2.41. The van der Waals surface area contributed by atoms with E-state index in [1.165, 1.54) is 6.07 Å². The van der Waals surface area contributed by atoms with Crippen molar-refractivity contribution in [2.24, 2.45) is 0 Å². The first-order chi connectivity index (χ1) is 9.88. The van der Waals surface area contributed by atoms with Crippen LogP contribution in [-0.4, -0.2) is 16.5 Å². The number of rotatable bonds is 4. The Balaban J connectivity index is 2.33. The minimum atomic E-state index is -4.58. The zero-order valence-corrected chi connectivity index (χ0v) is 12.5. The number of hydrogen-bond donors (Lipinski definition) is 1. The van der Waals surface area contributed by atoms with Crippen LogP contribution in [-0.2, 0) is 6.18 Å². The third-order valence-corrected chi connectivity index (χ3v) is 3.53. The maximum atomic E-state index is 12.8. The fraction of sp³-hybridized carbons (Fsp3) is 0.231. The molecule has 0 aliphatic rings. The van der Waals surface area contributed by atoms with Gasteiger partial charge < -0.3 is 5.32 Å². The van der Waals surface area contributed by atoms with E-state index in [-0.39, 0.29) is 10.8 Å². The molecule has 0 saturated heterocycles. The van der Waals surface area contributed by atoms with Crippen LogP contribution in [0.3, 0.4) is 0 Å². The number of aromatic nitrogens is 2. The van der Waals surface area contributed by atoms with Gasteiger partial charge in [0.1, 0.15) is 10.8 Å². The van der Waals surface area contributed by atoms with Gasteiger partial charge in [-0.05, 0) is 31.2 Å². The zero-order valence-electron chi connectivity index (χ0n) is 10.9. The molecule has 0 aliphatic carbocycles. The van der Waals surface area contributed by atoms with Gasteiger partial charge in [0.15, 0.2) is 0 Å². The monoisotopic (exact) mass is 333 g/mol. The largest absolute Gasteiger partial charge is 0.451 e. The summed E-state index contributed by atoms with van der Waals surface area (Å²) < 4.78 is 38.4. The minimum Gasteiger partial charge on any atom is -0.370 e. The highest BCUT2D eigenvalue weighted by Crippen LogP contribution is 2.32. The fourth-order valence-electron chi connectivity index (χ4n) is 1.50. The molecule has 0 amide bonds. The Morgan fingerprint density at radius 2 is 1.86 bits per heavy atom. The number of halogens is 4. The predicted octanol–water partition coefficient (Wildman–Crippen LogP) is 4.73. The highest BCUT2D eigenvalue weighted by Gasteiger charge is 2.35. The van der Waals surface area contributed by atoms with E-state index in [0.29, 0.717) is 11.6 Å². The first-order valence-electron chi connectivity index (χ1n) is 6.02. The van der Waals surface area contributed by atoms with Crippen LogP contribution < -0.4 is 5.32 Å². The number of benzene rings is 1. The Bertz CT molecular complexity index is 617. The van der Waals surface area contributed by atoms with Crippen molar-refractivity contribution >= 4 is 29.2 Å². The van der Waals surface area contributed by atoms with Crippen molar-refractivity contribution in [3.8, 4) is 0 Å². The molecule has 1 aromatic carbocycles. The number of hydrogen-bond acceptors (Lipinski definition) is 4. The third-order valence-electron chi connectivity index (χ3n) is 2.35. The van der Waals surface area contributed by atoms with Crippen molar-refractivity contribution in [2.75, 3.05) is 11.9 Å². The van der Waals surface area contributed by atoms with Crippen LogP contribution in [0.5, 0.6) is 0 Å². The second kappa shape index (κ2) is 6.53. The molecule has 8 heteroatoms. The lowest BCUT2D eigenvalue weighted by atomic mass is 10.4. The van der Waals surface area contributed by atoms with Gasteiger partial charge in [0.25, 0.3) is 0 Å². The Kier molecular flexibility index (Phi) is 4.95. The van der Waals surface area contributed by atoms with E-state index in [4.69, 9.17) is 11.6 Å². The van der Waals surface area contributed by atoms with Crippen LogP contribution in [0.2, 0.25) is 5.02 Å². The van der Waals surface area contributed by atoms with E-state index in [9.17, 15) is 13.2 Å². The predicted molar refractivity (Wildman–Crippen MR) is 76.8 cm³/mol. The van der Waals surface area contributed by atoms with E-state index < -0.39 is 12.0 Å². The van der Waals surface area contributed by atoms with Crippen molar-refractivity contribution in [2.45, 2.75) is 23.0 Å². The van der Waals surface area contributed by atoms with Crippen LogP contribution in [0.4, 0.5) is 19.0 Å². The molecular formula is C13H11ClF3N3S. The topological polar surface area (TPSA) is 37.8 Å². The van der Waals surface area contributed by atoms with Crippen molar-refractivity contribution in [3.05, 3.63) is 41.2 Å². The van der Waals surface area contributed by atoms with E-state index >= 15 is 0 Å². The summed E-state index contributed by atoms with van der Waals surface area (Å²) in [5.74, 6) is -1.01. The highest BCUT2D eigenvalue weighted by molar-refractivity contribution is 7.99. The molecule has 2 rings (SSSR count). The number of alkyl halides is 3. The molecule has 2 aromatic rings. The molecule has 0 unspecified atom stereocenters. The van der Waals surface area contributed by atoms with Crippen molar-refractivity contribution in [3.63, 3.8) is 0 Å². The Morgan fingerprint density at radius 1 is 1.19 bits per heavy atom. The summed E-state index contributed by atoms with van der Waals surface area (Å²) in [6.45, 7) is 2.25. The number of anilines is 1. The van der Waals surface area contributed by atoms with Gasteiger partial charge in [-0.3, -0.25) is 0 Å². The maximum absolute atomic E-state index is 12.8. The molecule has 0 spiro atoms. The molecule has 0 saturated carbocycles. The smallest absolute Gasteiger partial charge is 0.370 e. The van der Waals surface area contributed by atoms with Gasteiger partial charge in [0.2, 0.25) is 5.82 Å². The summed E-state index contributed by atoms with van der Waals surface area (Å²) in [6, 6.07) is 8.25. The molecule has 21 heavy (non-hydrogen) atoms. The molecule has 1 aromatic heterocycles. The molecule has 0 bridgehead atoms. The molecule has 112 valence electrons. The van der Waals surface area contributed by atoms with Gasteiger partial charge in [-0.25, -0.2) is 9.97 Å². The van der Waals surface area contributed by atoms with E-state index in [0.717, 1.165) is 16.7 Å². The maximum Gasteiger partial charge on any atom is 0.451 e. The van der Waals surface area contributed by atoms with Crippen LogP contribution >= 0.6 is 23.4 Å². The van der Waals surface area contributed by atoms with Gasteiger partial charge in [0, 0.05) is 22.5 Å². The molecule has 0 fully saturated rings. The highest BCUT2D eigenvalue weighted by atomic mass is 35.5. The quantitative estimate of drug-likeness (QED) is 0.821. The van der Waals surface area contributed by atoms with Gasteiger partial charge in [-0.1, -0.05) is 23.4 Å². The van der Waals surface area contributed by atoms with E-state index in [2.05, 4.69) is 15.3 Å². The molecular weight excluding hydrogens is 323 g/mol. The molecule has 0 atom stereocenters. The van der Waals surface area contributed by atoms with Crippen LogP contribution in [0.15, 0.2) is 40.3 Å². The first kappa shape index (κ1) is 15.9. The normalized spacial score (nSPS) is 11.5. The summed E-state index contributed by atoms with van der Waals surface area (Å²) >= 11 is 6.89. The van der Waals surface area contributed by atoms with Gasteiger partial charge in [0.05, 0.1) is 0 Å². The van der Waals surface area contributed by atoms with Crippen LogP contribution in [0, 0.1) is 0 Å². The Labute approximate surface area is 128 Å². The average molecular weight is 334 g/mol. The standard InChI is InChI=1S/C13H11ClF3N3S/c1-2-18-10-7-11(20-12(19-10)13(15,16)17)21-9-5-3-8(14)4-6-9/h3-7H,2H2,1H3,(H,18,19,20). The fourth-order valence-corrected chi connectivity index (χ4v) is 2.44. The lowest BCUT2D eigenvalue weighted by molar-refractivity contribution is -0.145. The molecule has 0 radical (unpaired) electrons. The lowest BCUT2D eigenvalue weighted by Crippen LogP contribution is -2.13. The lowest BCUT2D eigenvalue weighted by Gasteiger charge is -2.10. The molecule has 0 aliphatic heterocycles. The minimum absolute atomic E-state index is 0.149. The summed E-state index contributed by atoms with van der Waals surface area (Å²) in [5, 5.41) is 3.55. The Hall–Kier alpha value is -1.47. The summed E-state index contributed by atoms with van der Waals surface area (Å²) in [5.41, 5.74) is 0. The first-order valence-corrected chi connectivity index (χ1v) is 7.21. The van der Waals surface area contributed by atoms with E-state index in [1.807, 2.05) is 0 Å². The van der Waals surface area contributed by atoms with Crippen molar-refractivity contribution < 1.29 is 13.2 Å². The Morgan fingerprint density at radius 3 is 2.43 bits per heavy atom. The third kappa shape index (κ3) is 4.50. The van der Waals surface area contributed by atoms with Crippen molar-refractivity contribution in [1.29, 1.82) is 0 Å². The summed E-state index contributed by atoms with van der Waals surface area (Å²) in [4.78, 5) is 7.77. The van der Waals surface area contributed by atoms with Gasteiger partial charge >= 0.3 is 6.18 Å². The van der Waals surface area contributed by atoms with Crippen molar-refractivity contribution in [1.82, 2.24) is 9.97 Å². The second-order valence-corrected chi connectivity index (χ2v) is 5.53. The molecule has 1 heterocycles. The SMILES string of the molecule is CCNc1cc(Sc2ccc(Cl)cc2)nc(C(F)(F)F)n1. The summed E-state index contributed by atoms with van der Waals surface area (Å²) in [7, 11) is 0. The number of nitrogens with zero attached hydrogens (tertiary/aromatic N) is 2. The molecule has 1 N–H and O–H groups in total. The molecule has 3 nitrogen and oxygen atoms in total. The van der Waals surface area contributed by atoms with Crippen LogP contribution in [0.25, 0.3) is 0 Å². The second-order valence-electron chi connectivity index (χ2n) is 4.00. The van der Waals surface area contributed by atoms with Gasteiger partial charge in [-0.2, -0.15) is 13.2 Å². The van der Waals surface area contributed by atoms with Crippen LogP contribution in [0.1, 0.15) is 12.7 Å². The van der Waals surface area contributed by atoms with E-state index in [1.54, 1.807) is 31.2 Å². The van der Waals surface area contributed by atoms with Gasteiger partial charge in [-0.15, -0.1) is 0 Å². The number of nitrogens with one attached hydrogen (secondary N) is 1.